The van der Waals surface area contributed by atoms with Crippen LogP contribution in [-0.2, 0) is 6.42 Å². The van der Waals surface area contributed by atoms with Gasteiger partial charge in [0.2, 0.25) is 0 Å². The minimum atomic E-state index is 0.0607. The molecule has 0 amide bonds. The quantitative estimate of drug-likeness (QED) is 0.867. The van der Waals surface area contributed by atoms with Crippen LogP contribution in [0.15, 0.2) is 30.3 Å². The first-order valence-corrected chi connectivity index (χ1v) is 7.55. The minimum absolute atomic E-state index is 0.0607. The molecule has 0 bridgehead atoms. The molecule has 0 aliphatic rings. The molecule has 0 saturated carbocycles. The molecule has 1 unspecified atom stereocenters. The lowest BCUT2D eigenvalue weighted by atomic mass is 10.0. The summed E-state index contributed by atoms with van der Waals surface area (Å²) in [5.41, 5.74) is 10.5. The Kier molecular flexibility index (Phi) is 4.92. The number of benzene rings is 2. The van der Waals surface area contributed by atoms with E-state index in [1.165, 1.54) is 5.56 Å². The SMILES string of the molecule is Cc1ccc(C)c(Oc2ccc(Cl)cc2CC(C)N)c1C. The van der Waals surface area contributed by atoms with Crippen molar-refractivity contribution in [3.05, 3.63) is 57.6 Å². The molecule has 0 aromatic heterocycles. The van der Waals surface area contributed by atoms with Gasteiger partial charge >= 0.3 is 0 Å². The van der Waals surface area contributed by atoms with Crippen molar-refractivity contribution in [1.82, 2.24) is 0 Å². The van der Waals surface area contributed by atoms with E-state index in [1.807, 2.05) is 25.1 Å². The summed E-state index contributed by atoms with van der Waals surface area (Å²) < 4.78 is 6.19. The molecular weight excluding hydrogens is 282 g/mol. The Morgan fingerprint density at radius 1 is 1.10 bits per heavy atom. The van der Waals surface area contributed by atoms with Crippen molar-refractivity contribution in [3.8, 4) is 11.5 Å². The molecule has 3 heteroatoms. The average molecular weight is 304 g/mol. The van der Waals surface area contributed by atoms with E-state index in [9.17, 15) is 0 Å². The predicted molar refractivity (Wildman–Crippen MR) is 89.5 cm³/mol. The fraction of sp³-hybridized carbons (Fsp3) is 0.333. The summed E-state index contributed by atoms with van der Waals surface area (Å²) in [6.07, 6.45) is 0.736. The second-order valence-corrected chi connectivity index (χ2v) is 6.13. The van der Waals surface area contributed by atoms with Gasteiger partial charge in [-0.3, -0.25) is 0 Å². The third-order valence-corrected chi connectivity index (χ3v) is 3.89. The summed E-state index contributed by atoms with van der Waals surface area (Å²) in [5.74, 6) is 1.75. The van der Waals surface area contributed by atoms with Crippen LogP contribution in [0.3, 0.4) is 0 Å². The van der Waals surface area contributed by atoms with Gasteiger partial charge < -0.3 is 10.5 Å². The van der Waals surface area contributed by atoms with Gasteiger partial charge in [-0.1, -0.05) is 23.7 Å². The Balaban J connectivity index is 2.42. The zero-order valence-corrected chi connectivity index (χ0v) is 13.8. The molecule has 21 heavy (non-hydrogen) atoms. The van der Waals surface area contributed by atoms with Crippen LogP contribution < -0.4 is 10.5 Å². The van der Waals surface area contributed by atoms with Gasteiger partial charge in [0.05, 0.1) is 0 Å². The van der Waals surface area contributed by atoms with Crippen LogP contribution in [0.1, 0.15) is 29.2 Å². The molecule has 2 aromatic rings. The molecule has 0 aliphatic heterocycles. The number of ether oxygens (including phenoxy) is 1. The summed E-state index contributed by atoms with van der Waals surface area (Å²) in [5, 5.41) is 0.704. The van der Waals surface area contributed by atoms with Crippen molar-refractivity contribution in [1.29, 1.82) is 0 Å². The molecule has 2 nitrogen and oxygen atoms in total. The Hall–Kier alpha value is -1.51. The highest BCUT2D eigenvalue weighted by atomic mass is 35.5. The number of hydrogen-bond acceptors (Lipinski definition) is 2. The number of nitrogens with two attached hydrogens (primary N) is 1. The molecule has 0 radical (unpaired) electrons. The summed E-state index contributed by atoms with van der Waals surface area (Å²) in [6.45, 7) is 8.21. The number of halogens is 1. The van der Waals surface area contributed by atoms with Crippen LogP contribution in [-0.4, -0.2) is 6.04 Å². The molecule has 1 atom stereocenters. The highest BCUT2D eigenvalue weighted by Gasteiger charge is 2.12. The van der Waals surface area contributed by atoms with Gasteiger partial charge in [-0.15, -0.1) is 0 Å². The van der Waals surface area contributed by atoms with Crippen molar-refractivity contribution in [3.63, 3.8) is 0 Å². The van der Waals surface area contributed by atoms with Gasteiger partial charge in [0.25, 0.3) is 0 Å². The molecule has 112 valence electrons. The first kappa shape index (κ1) is 15.9. The second kappa shape index (κ2) is 6.50. The molecule has 2 N–H and O–H groups in total. The fourth-order valence-electron chi connectivity index (χ4n) is 2.35. The Bertz CT molecular complexity index is 650. The number of rotatable bonds is 4. The maximum Gasteiger partial charge on any atom is 0.133 e. The van der Waals surface area contributed by atoms with Gasteiger partial charge in [-0.05, 0) is 74.6 Å². The normalized spacial score (nSPS) is 12.3. The van der Waals surface area contributed by atoms with E-state index >= 15 is 0 Å². The maximum absolute atomic E-state index is 6.19. The van der Waals surface area contributed by atoms with Gasteiger partial charge in [0.15, 0.2) is 0 Å². The van der Waals surface area contributed by atoms with E-state index < -0.39 is 0 Å². The van der Waals surface area contributed by atoms with Gasteiger partial charge in [0.1, 0.15) is 11.5 Å². The first-order valence-electron chi connectivity index (χ1n) is 7.17. The van der Waals surface area contributed by atoms with E-state index in [0.717, 1.165) is 34.6 Å². The van der Waals surface area contributed by atoms with Crippen molar-refractivity contribution < 1.29 is 4.74 Å². The molecule has 2 aromatic carbocycles. The van der Waals surface area contributed by atoms with Crippen LogP contribution in [0.4, 0.5) is 0 Å². The van der Waals surface area contributed by atoms with Crippen LogP contribution >= 0.6 is 11.6 Å². The van der Waals surface area contributed by atoms with Crippen molar-refractivity contribution in [2.75, 3.05) is 0 Å². The maximum atomic E-state index is 6.19. The predicted octanol–water partition coefficient (Wildman–Crippen LogP) is 4.95. The standard InChI is InChI=1S/C18H22ClNO/c1-11-5-6-12(2)18(14(11)4)21-17-8-7-16(19)10-15(17)9-13(3)20/h5-8,10,13H,9,20H2,1-4H3. The molecule has 0 spiro atoms. The second-order valence-electron chi connectivity index (χ2n) is 5.69. The monoisotopic (exact) mass is 303 g/mol. The molecule has 0 saturated heterocycles. The Morgan fingerprint density at radius 2 is 1.76 bits per heavy atom. The lowest BCUT2D eigenvalue weighted by molar-refractivity contribution is 0.466. The molecule has 0 fully saturated rings. The highest BCUT2D eigenvalue weighted by Crippen LogP contribution is 2.33. The smallest absolute Gasteiger partial charge is 0.133 e. The van der Waals surface area contributed by atoms with Crippen LogP contribution in [0.5, 0.6) is 11.5 Å². The van der Waals surface area contributed by atoms with E-state index in [1.54, 1.807) is 0 Å². The summed E-state index contributed by atoms with van der Waals surface area (Å²) in [4.78, 5) is 0. The zero-order valence-electron chi connectivity index (χ0n) is 13.0. The third-order valence-electron chi connectivity index (χ3n) is 3.65. The first-order chi connectivity index (χ1) is 9.88. The number of hydrogen-bond donors (Lipinski definition) is 1. The minimum Gasteiger partial charge on any atom is -0.457 e. The van der Waals surface area contributed by atoms with Gasteiger partial charge in [0, 0.05) is 11.1 Å². The van der Waals surface area contributed by atoms with Gasteiger partial charge in [-0.2, -0.15) is 0 Å². The molecular formula is C18H22ClNO. The van der Waals surface area contributed by atoms with E-state index in [0.29, 0.717) is 5.02 Å². The van der Waals surface area contributed by atoms with Crippen LogP contribution in [0.2, 0.25) is 5.02 Å². The third kappa shape index (κ3) is 3.78. The summed E-state index contributed by atoms with van der Waals surface area (Å²) in [6, 6.07) is 9.95. The topological polar surface area (TPSA) is 35.2 Å². The molecule has 0 aliphatic carbocycles. The molecule has 2 rings (SSSR count). The highest BCUT2D eigenvalue weighted by molar-refractivity contribution is 6.30. The zero-order chi connectivity index (χ0) is 15.6. The van der Waals surface area contributed by atoms with Crippen LogP contribution in [0, 0.1) is 20.8 Å². The Morgan fingerprint density at radius 3 is 2.43 bits per heavy atom. The van der Waals surface area contributed by atoms with Crippen molar-refractivity contribution >= 4 is 11.6 Å². The number of aryl methyl sites for hydroxylation is 2. The van der Waals surface area contributed by atoms with Crippen molar-refractivity contribution in [2.45, 2.75) is 40.2 Å². The Labute approximate surface area is 131 Å². The largest absolute Gasteiger partial charge is 0.457 e. The van der Waals surface area contributed by atoms with Crippen molar-refractivity contribution in [2.24, 2.45) is 5.73 Å². The van der Waals surface area contributed by atoms with E-state index in [4.69, 9.17) is 22.1 Å². The lowest BCUT2D eigenvalue weighted by Gasteiger charge is -2.17. The van der Waals surface area contributed by atoms with E-state index in [-0.39, 0.29) is 6.04 Å². The summed E-state index contributed by atoms with van der Waals surface area (Å²) in [7, 11) is 0. The summed E-state index contributed by atoms with van der Waals surface area (Å²) >= 11 is 6.09. The van der Waals surface area contributed by atoms with E-state index in [2.05, 4.69) is 32.9 Å². The van der Waals surface area contributed by atoms with Crippen LogP contribution in [0.25, 0.3) is 0 Å². The van der Waals surface area contributed by atoms with Gasteiger partial charge in [-0.25, -0.2) is 0 Å². The molecule has 0 heterocycles. The average Bonchev–Trinajstić information content (AvgIpc) is 2.41. The fourth-order valence-corrected chi connectivity index (χ4v) is 2.54. The lowest BCUT2D eigenvalue weighted by Crippen LogP contribution is -2.18.